The summed E-state index contributed by atoms with van der Waals surface area (Å²) < 4.78 is 39.5. The van der Waals surface area contributed by atoms with Gasteiger partial charge in [0.2, 0.25) is 0 Å². The zero-order valence-corrected chi connectivity index (χ0v) is 22.9. The molecule has 6 rings (SSSR count). The summed E-state index contributed by atoms with van der Waals surface area (Å²) >= 11 is 0. The standard InChI is InChI=1S/C27H37N5O5S/c1-36-21-8-10-30(18-21)12-11-29-9-4-5-20(17-29)32-26-22-6-2-3-7-24(22)38(34,35)19-23(26)25(28-32)27(33)31-13-15-37-16-14-31/h2-3,6-7,20-21H,4-5,8-19H2,1H3/t20-,21?/m0/s1. The second-order valence-corrected chi connectivity index (χ2v) is 12.8. The quantitative estimate of drug-likeness (QED) is 0.543. The average molecular weight is 544 g/mol. The van der Waals surface area contributed by atoms with Gasteiger partial charge in [-0.05, 0) is 31.9 Å². The molecule has 5 heterocycles. The van der Waals surface area contributed by atoms with Crippen LogP contribution in [0, 0.1) is 0 Å². The Hall–Kier alpha value is -2.31. The van der Waals surface area contributed by atoms with Gasteiger partial charge in [-0.25, -0.2) is 8.42 Å². The van der Waals surface area contributed by atoms with Crippen LogP contribution in [0.1, 0.15) is 41.4 Å². The van der Waals surface area contributed by atoms with Crippen molar-refractivity contribution < 1.29 is 22.7 Å². The highest BCUT2D eigenvalue weighted by Crippen LogP contribution is 2.41. The fourth-order valence-corrected chi connectivity index (χ4v) is 7.95. The lowest BCUT2D eigenvalue weighted by atomic mass is 10.0. The molecule has 1 aromatic carbocycles. The second kappa shape index (κ2) is 10.7. The summed E-state index contributed by atoms with van der Waals surface area (Å²) in [5.74, 6) is -0.399. The van der Waals surface area contributed by atoms with Crippen molar-refractivity contribution in [2.45, 2.75) is 42.1 Å². The molecule has 1 aromatic heterocycles. The van der Waals surface area contributed by atoms with Crippen molar-refractivity contribution in [3.8, 4) is 11.3 Å². The van der Waals surface area contributed by atoms with Crippen molar-refractivity contribution in [3.63, 3.8) is 0 Å². The van der Waals surface area contributed by atoms with Crippen LogP contribution < -0.4 is 0 Å². The van der Waals surface area contributed by atoms with Gasteiger partial charge in [-0.2, -0.15) is 5.10 Å². The number of benzene rings is 1. The molecule has 2 aromatic rings. The van der Waals surface area contributed by atoms with Crippen molar-refractivity contribution in [1.29, 1.82) is 0 Å². The molecule has 206 valence electrons. The van der Waals surface area contributed by atoms with Crippen LogP contribution in [0.4, 0.5) is 0 Å². The molecule has 0 aliphatic carbocycles. The average Bonchev–Trinajstić information content (AvgIpc) is 3.57. The highest BCUT2D eigenvalue weighted by Gasteiger charge is 2.39. The molecule has 3 saturated heterocycles. The minimum atomic E-state index is -3.57. The van der Waals surface area contributed by atoms with E-state index in [1.165, 1.54) is 0 Å². The van der Waals surface area contributed by atoms with Crippen LogP contribution in [0.15, 0.2) is 29.2 Å². The van der Waals surface area contributed by atoms with Crippen LogP contribution >= 0.6 is 0 Å². The molecule has 4 aliphatic rings. The fourth-order valence-electron chi connectivity index (χ4n) is 6.35. The molecule has 11 heteroatoms. The summed E-state index contributed by atoms with van der Waals surface area (Å²) in [6.45, 7) is 7.83. The van der Waals surface area contributed by atoms with Gasteiger partial charge in [0.15, 0.2) is 15.5 Å². The number of aromatic nitrogens is 2. The highest BCUT2D eigenvalue weighted by molar-refractivity contribution is 7.90. The van der Waals surface area contributed by atoms with E-state index in [9.17, 15) is 13.2 Å². The number of methoxy groups -OCH3 is 1. The number of piperidine rings is 1. The maximum absolute atomic E-state index is 13.6. The Labute approximate surface area is 224 Å². The predicted molar refractivity (Wildman–Crippen MR) is 142 cm³/mol. The third kappa shape index (κ3) is 4.90. The molecule has 38 heavy (non-hydrogen) atoms. The zero-order chi connectivity index (χ0) is 26.3. The van der Waals surface area contributed by atoms with Gasteiger partial charge in [-0.1, -0.05) is 18.2 Å². The van der Waals surface area contributed by atoms with E-state index in [0.717, 1.165) is 64.2 Å². The van der Waals surface area contributed by atoms with Crippen LogP contribution in [-0.4, -0.2) is 118 Å². The van der Waals surface area contributed by atoms with Gasteiger partial charge in [-0.3, -0.25) is 19.3 Å². The number of carbonyl (C=O) groups excluding carboxylic acids is 1. The van der Waals surface area contributed by atoms with Crippen molar-refractivity contribution >= 4 is 15.7 Å². The van der Waals surface area contributed by atoms with E-state index in [4.69, 9.17) is 14.6 Å². The second-order valence-electron chi connectivity index (χ2n) is 10.8. The van der Waals surface area contributed by atoms with E-state index in [0.29, 0.717) is 48.4 Å². The Balaban J connectivity index is 1.31. The topological polar surface area (TPSA) is 97.2 Å². The molecule has 2 atom stereocenters. The first-order chi connectivity index (χ1) is 18.4. The molecule has 0 N–H and O–H groups in total. The molecule has 0 spiro atoms. The van der Waals surface area contributed by atoms with Crippen molar-refractivity contribution in [1.82, 2.24) is 24.5 Å². The summed E-state index contributed by atoms with van der Waals surface area (Å²) in [6.07, 6.45) is 3.40. The minimum Gasteiger partial charge on any atom is -0.380 e. The van der Waals surface area contributed by atoms with Crippen LogP contribution in [0.25, 0.3) is 11.3 Å². The lowest BCUT2D eigenvalue weighted by Crippen LogP contribution is -2.42. The van der Waals surface area contributed by atoms with E-state index >= 15 is 0 Å². The fraction of sp³-hybridized carbons (Fsp3) is 0.630. The zero-order valence-electron chi connectivity index (χ0n) is 22.0. The number of likely N-dealkylation sites (tertiary alicyclic amines) is 2. The Morgan fingerprint density at radius 1 is 1.05 bits per heavy atom. The smallest absolute Gasteiger partial charge is 0.274 e. The monoisotopic (exact) mass is 543 g/mol. The van der Waals surface area contributed by atoms with E-state index in [1.807, 2.05) is 16.8 Å². The Bertz CT molecular complexity index is 1290. The van der Waals surface area contributed by atoms with Crippen LogP contribution in [0.3, 0.4) is 0 Å². The number of hydrogen-bond donors (Lipinski definition) is 0. The third-order valence-corrected chi connectivity index (χ3v) is 10.1. The minimum absolute atomic E-state index is 0.0721. The summed E-state index contributed by atoms with van der Waals surface area (Å²) in [5, 5.41) is 4.91. The van der Waals surface area contributed by atoms with Crippen molar-refractivity contribution in [3.05, 3.63) is 35.5 Å². The highest BCUT2D eigenvalue weighted by atomic mass is 32.2. The summed E-state index contributed by atoms with van der Waals surface area (Å²) in [5.41, 5.74) is 2.27. The molecule has 3 fully saturated rings. The SMILES string of the molecule is COC1CCN(CCN2CCC[C@H](n3nc(C(=O)N4CCOCC4)c4c3-c3ccccc3S(=O)(=O)C4)C2)C1. The van der Waals surface area contributed by atoms with Crippen LogP contribution in [0.2, 0.25) is 0 Å². The Kier molecular flexibility index (Phi) is 7.30. The number of rotatable bonds is 6. The molecule has 1 amide bonds. The summed E-state index contributed by atoms with van der Waals surface area (Å²) in [6, 6.07) is 7.22. The number of amides is 1. The van der Waals surface area contributed by atoms with Crippen LogP contribution in [-0.2, 0) is 25.1 Å². The lowest BCUT2D eigenvalue weighted by Gasteiger charge is -2.35. The Morgan fingerprint density at radius 2 is 1.82 bits per heavy atom. The number of morpholine rings is 1. The third-order valence-electron chi connectivity index (χ3n) is 8.44. The normalized spacial score (nSPS) is 25.8. The maximum atomic E-state index is 13.6. The lowest BCUT2D eigenvalue weighted by molar-refractivity contribution is 0.0297. The van der Waals surface area contributed by atoms with Gasteiger partial charge < -0.3 is 14.4 Å². The molecule has 10 nitrogen and oxygen atoms in total. The number of fused-ring (bicyclic) bond motifs is 3. The largest absolute Gasteiger partial charge is 0.380 e. The van der Waals surface area contributed by atoms with Crippen molar-refractivity contribution in [2.75, 3.05) is 72.7 Å². The molecular weight excluding hydrogens is 506 g/mol. The number of hydrogen-bond acceptors (Lipinski definition) is 8. The Morgan fingerprint density at radius 3 is 2.58 bits per heavy atom. The van der Waals surface area contributed by atoms with E-state index in [1.54, 1.807) is 24.1 Å². The van der Waals surface area contributed by atoms with Crippen LogP contribution in [0.5, 0.6) is 0 Å². The van der Waals surface area contributed by atoms with Gasteiger partial charge in [-0.15, -0.1) is 0 Å². The molecular formula is C27H37N5O5S. The molecule has 0 radical (unpaired) electrons. The molecule has 0 saturated carbocycles. The number of ether oxygens (including phenoxy) is 2. The predicted octanol–water partition coefficient (Wildman–Crippen LogP) is 1.67. The van der Waals surface area contributed by atoms with Gasteiger partial charge in [0.05, 0.1) is 41.7 Å². The van der Waals surface area contributed by atoms with E-state index in [2.05, 4.69) is 9.80 Å². The number of nitrogens with zero attached hydrogens (tertiary/aromatic N) is 5. The van der Waals surface area contributed by atoms with E-state index < -0.39 is 9.84 Å². The molecule has 4 aliphatic heterocycles. The summed E-state index contributed by atoms with van der Waals surface area (Å²) in [7, 11) is -1.78. The van der Waals surface area contributed by atoms with Gasteiger partial charge in [0.1, 0.15) is 0 Å². The number of carbonyl (C=O) groups is 1. The molecule has 1 unspecified atom stereocenters. The number of sulfone groups is 1. The first-order valence-electron chi connectivity index (χ1n) is 13.7. The summed E-state index contributed by atoms with van der Waals surface area (Å²) in [4.78, 5) is 20.6. The van der Waals surface area contributed by atoms with Crippen molar-refractivity contribution in [2.24, 2.45) is 0 Å². The maximum Gasteiger partial charge on any atom is 0.274 e. The molecule has 0 bridgehead atoms. The van der Waals surface area contributed by atoms with E-state index in [-0.39, 0.29) is 23.4 Å². The van der Waals surface area contributed by atoms with Gasteiger partial charge >= 0.3 is 0 Å². The van der Waals surface area contributed by atoms with Gasteiger partial charge in [0.25, 0.3) is 5.91 Å². The first-order valence-corrected chi connectivity index (χ1v) is 15.4. The van der Waals surface area contributed by atoms with Gasteiger partial charge in [0, 0.05) is 64.0 Å². The first kappa shape index (κ1) is 25.9.